The van der Waals surface area contributed by atoms with Crippen LogP contribution in [-0.2, 0) is 4.79 Å². The van der Waals surface area contributed by atoms with Crippen molar-refractivity contribution >= 4 is 5.78 Å². The number of carbonyl (C=O) groups is 1. The fourth-order valence-corrected chi connectivity index (χ4v) is 8.85. The minimum atomic E-state index is 0.288. The van der Waals surface area contributed by atoms with Crippen LogP contribution in [0.5, 0.6) is 0 Å². The third-order valence-electron chi connectivity index (χ3n) is 10.2. The Kier molecular flexibility index (Phi) is 5.36. The topological polar surface area (TPSA) is 17.1 Å². The van der Waals surface area contributed by atoms with Gasteiger partial charge < -0.3 is 0 Å². The molecule has 27 heavy (non-hydrogen) atoms. The smallest absolute Gasteiger partial charge is 0.133 e. The second-order valence-corrected chi connectivity index (χ2v) is 11.1. The Morgan fingerprint density at radius 2 is 1.67 bits per heavy atom. The first-order valence-corrected chi connectivity index (χ1v) is 12.1. The molecule has 2 unspecified atom stereocenters. The van der Waals surface area contributed by atoms with E-state index in [-0.39, 0.29) is 5.41 Å². The number of Topliss-reactive ketones (excluding diaryl/α,β-unsaturated/α-hetero) is 1. The third kappa shape index (κ3) is 3.06. The number of fused-ring (bicyclic) bond motifs is 5. The molecule has 1 nitrogen and oxygen atoms in total. The monoisotopic (exact) mass is 370 g/mol. The molecule has 0 aromatic carbocycles. The quantitative estimate of drug-likeness (QED) is 0.480. The second-order valence-electron chi connectivity index (χ2n) is 11.1. The lowest BCUT2D eigenvalue weighted by Gasteiger charge is -2.61. The Hall–Kier alpha value is -0.590. The number of allylic oxidation sites excluding steroid dienone is 1. The zero-order valence-electron chi connectivity index (χ0n) is 18.1. The molecule has 1 heteroatoms. The van der Waals surface area contributed by atoms with Crippen LogP contribution in [0.3, 0.4) is 0 Å². The van der Waals surface area contributed by atoms with Gasteiger partial charge in [0.1, 0.15) is 5.78 Å². The van der Waals surface area contributed by atoms with Gasteiger partial charge in [-0.15, -0.1) is 6.58 Å². The van der Waals surface area contributed by atoms with Crippen LogP contribution in [0.25, 0.3) is 0 Å². The van der Waals surface area contributed by atoms with E-state index in [0.29, 0.717) is 17.1 Å². The fraction of sp³-hybridized carbons (Fsp3) is 0.885. The fourth-order valence-electron chi connectivity index (χ4n) is 8.85. The molecule has 0 aromatic heterocycles. The molecule has 4 aliphatic rings. The van der Waals surface area contributed by atoms with Crippen LogP contribution < -0.4 is 0 Å². The molecule has 0 amide bonds. The van der Waals surface area contributed by atoms with Crippen LogP contribution in [0.15, 0.2) is 12.7 Å². The maximum Gasteiger partial charge on any atom is 0.133 e. The highest BCUT2D eigenvalue weighted by molar-refractivity contribution is 5.79. The van der Waals surface area contributed by atoms with Gasteiger partial charge in [-0.2, -0.15) is 0 Å². The highest BCUT2D eigenvalue weighted by atomic mass is 16.1. The molecule has 0 radical (unpaired) electrons. The molecule has 4 saturated carbocycles. The number of carbonyl (C=O) groups excluding carboxylic acids is 1. The molecule has 0 heterocycles. The van der Waals surface area contributed by atoms with E-state index in [2.05, 4.69) is 26.5 Å². The molecule has 0 N–H and O–H groups in total. The van der Waals surface area contributed by atoms with Crippen molar-refractivity contribution in [3.63, 3.8) is 0 Å². The van der Waals surface area contributed by atoms with E-state index < -0.39 is 0 Å². The van der Waals surface area contributed by atoms with Crippen LogP contribution >= 0.6 is 0 Å². The van der Waals surface area contributed by atoms with Crippen LogP contribution in [-0.4, -0.2) is 5.78 Å². The first kappa shape index (κ1) is 19.7. The van der Waals surface area contributed by atoms with Gasteiger partial charge in [-0.3, -0.25) is 4.79 Å². The normalized spacial score (nSPS) is 49.9. The predicted octanol–water partition coefficient (Wildman–Crippen LogP) is 7.21. The van der Waals surface area contributed by atoms with Crippen molar-refractivity contribution in [2.45, 2.75) is 97.8 Å². The van der Waals surface area contributed by atoms with Gasteiger partial charge in [0, 0.05) is 5.92 Å². The van der Waals surface area contributed by atoms with Gasteiger partial charge in [-0.05, 0) is 98.7 Å². The Bertz CT molecular complexity index is 579. The van der Waals surface area contributed by atoms with Crippen molar-refractivity contribution in [1.29, 1.82) is 0 Å². The van der Waals surface area contributed by atoms with Crippen molar-refractivity contribution in [1.82, 2.24) is 0 Å². The summed E-state index contributed by atoms with van der Waals surface area (Å²) >= 11 is 0. The molecule has 0 bridgehead atoms. The molecule has 152 valence electrons. The molecule has 0 saturated heterocycles. The summed E-state index contributed by atoms with van der Waals surface area (Å²) in [6, 6.07) is 0. The summed E-state index contributed by atoms with van der Waals surface area (Å²) in [5.41, 5.74) is 0.705. The van der Waals surface area contributed by atoms with Gasteiger partial charge in [0.05, 0.1) is 0 Å². The molecular formula is C26H42O. The van der Waals surface area contributed by atoms with Crippen molar-refractivity contribution < 1.29 is 4.79 Å². The van der Waals surface area contributed by atoms with E-state index in [1.54, 1.807) is 0 Å². The van der Waals surface area contributed by atoms with Crippen LogP contribution in [0.4, 0.5) is 0 Å². The molecule has 4 aliphatic carbocycles. The zero-order chi connectivity index (χ0) is 19.2. The third-order valence-corrected chi connectivity index (χ3v) is 10.2. The number of ketones is 1. The first-order chi connectivity index (χ1) is 12.9. The molecule has 8 atom stereocenters. The Balaban J connectivity index is 1.63. The summed E-state index contributed by atoms with van der Waals surface area (Å²) in [5, 5.41) is 0. The maximum atomic E-state index is 12.4. The summed E-state index contributed by atoms with van der Waals surface area (Å²) in [4.78, 5) is 12.4. The minimum Gasteiger partial charge on any atom is -0.300 e. The average Bonchev–Trinajstić information content (AvgIpc) is 2.86. The largest absolute Gasteiger partial charge is 0.300 e. The molecule has 0 aromatic rings. The van der Waals surface area contributed by atoms with E-state index in [4.69, 9.17) is 0 Å². The van der Waals surface area contributed by atoms with Crippen molar-refractivity contribution in [3.05, 3.63) is 12.7 Å². The van der Waals surface area contributed by atoms with Gasteiger partial charge in [0.15, 0.2) is 0 Å². The highest BCUT2D eigenvalue weighted by Gasteiger charge is 2.58. The maximum absolute atomic E-state index is 12.4. The number of hydrogen-bond acceptors (Lipinski definition) is 1. The zero-order valence-corrected chi connectivity index (χ0v) is 18.1. The Morgan fingerprint density at radius 1 is 1.00 bits per heavy atom. The molecule has 0 spiro atoms. The second kappa shape index (κ2) is 7.34. The van der Waals surface area contributed by atoms with Gasteiger partial charge in [0.25, 0.3) is 0 Å². The lowest BCUT2D eigenvalue weighted by molar-refractivity contribution is -0.143. The lowest BCUT2D eigenvalue weighted by Crippen LogP contribution is -2.55. The minimum absolute atomic E-state index is 0.288. The number of rotatable bonds is 3. The summed E-state index contributed by atoms with van der Waals surface area (Å²) in [6.45, 7) is 11.1. The van der Waals surface area contributed by atoms with Crippen LogP contribution in [0.2, 0.25) is 0 Å². The van der Waals surface area contributed by atoms with Crippen LogP contribution in [0.1, 0.15) is 97.8 Å². The van der Waals surface area contributed by atoms with Crippen molar-refractivity contribution in [3.8, 4) is 0 Å². The number of hydrogen-bond donors (Lipinski definition) is 0. The Morgan fingerprint density at radius 3 is 2.37 bits per heavy atom. The molecule has 4 fully saturated rings. The van der Waals surface area contributed by atoms with E-state index in [0.717, 1.165) is 36.0 Å². The van der Waals surface area contributed by atoms with E-state index in [1.165, 1.54) is 70.6 Å². The summed E-state index contributed by atoms with van der Waals surface area (Å²) in [6.07, 6.45) is 18.7. The van der Waals surface area contributed by atoms with Gasteiger partial charge in [0.2, 0.25) is 0 Å². The van der Waals surface area contributed by atoms with E-state index in [9.17, 15) is 4.79 Å². The average molecular weight is 371 g/mol. The molecular weight excluding hydrogens is 328 g/mol. The highest BCUT2D eigenvalue weighted by Crippen LogP contribution is 2.65. The first-order valence-electron chi connectivity index (χ1n) is 12.1. The SMILES string of the molecule is C=C[C@]12CC[C@@H]3C(CC[C@@]4(C)C3CCC[C@H]4C(C)=O)[C@H]1CCC[C@H](CC)C2. The summed E-state index contributed by atoms with van der Waals surface area (Å²) < 4.78 is 0. The lowest BCUT2D eigenvalue weighted by atomic mass is 9.43. The van der Waals surface area contributed by atoms with Crippen molar-refractivity contribution in [2.24, 2.45) is 46.3 Å². The van der Waals surface area contributed by atoms with Crippen molar-refractivity contribution in [2.75, 3.05) is 0 Å². The van der Waals surface area contributed by atoms with E-state index >= 15 is 0 Å². The summed E-state index contributed by atoms with van der Waals surface area (Å²) in [7, 11) is 0. The Labute approximate surface area is 167 Å². The van der Waals surface area contributed by atoms with Gasteiger partial charge in [-0.1, -0.05) is 45.6 Å². The predicted molar refractivity (Wildman–Crippen MR) is 113 cm³/mol. The molecule has 4 rings (SSSR count). The van der Waals surface area contributed by atoms with Gasteiger partial charge >= 0.3 is 0 Å². The van der Waals surface area contributed by atoms with Gasteiger partial charge in [-0.25, -0.2) is 0 Å². The summed E-state index contributed by atoms with van der Waals surface area (Å²) in [5.74, 6) is 5.16. The molecule has 0 aliphatic heterocycles. The standard InChI is InChI=1S/C26H42O/c1-5-19-9-7-12-24-21-13-15-25(4)22(18(3)27)10-8-11-23(25)20(21)14-16-26(24,6-2)17-19/h6,19-24H,2,5,7-17H2,1,3-4H3/t19-,20+,21?,22-,23?,24+,25+,26+/m0/s1. The van der Waals surface area contributed by atoms with E-state index in [1.807, 2.05) is 6.92 Å². The van der Waals surface area contributed by atoms with Crippen LogP contribution in [0, 0.1) is 46.3 Å².